The summed E-state index contributed by atoms with van der Waals surface area (Å²) in [6.07, 6.45) is 23.8. The van der Waals surface area contributed by atoms with Gasteiger partial charge in [0.05, 0.1) is 12.0 Å². The number of carbonyl (C=O) groups is 1. The molecule has 2 nitrogen and oxygen atoms in total. The Kier molecular flexibility index (Phi) is 17.1. The highest BCUT2D eigenvalue weighted by molar-refractivity contribution is 5.75. The maximum absolute atomic E-state index is 11.8. The molecule has 0 aliphatic rings. The molecule has 154 valence electrons. The maximum Gasteiger partial charge on any atom is 0.311 e. The van der Waals surface area contributed by atoms with E-state index in [0.29, 0.717) is 6.61 Å². The van der Waals surface area contributed by atoms with E-state index >= 15 is 0 Å². The minimum Gasteiger partial charge on any atom is -0.465 e. The molecule has 0 amide bonds. The fourth-order valence-electron chi connectivity index (χ4n) is 2.85. The molecule has 0 aromatic rings. The summed E-state index contributed by atoms with van der Waals surface area (Å²) in [5.74, 6) is -0.0484. The lowest BCUT2D eigenvalue weighted by atomic mass is 9.91. The second-order valence-electron chi connectivity index (χ2n) is 8.31. The number of hydrogen-bond acceptors (Lipinski definition) is 2. The first kappa shape index (κ1) is 25.2. The fourth-order valence-corrected chi connectivity index (χ4v) is 2.85. The maximum atomic E-state index is 11.8. The molecule has 2 heteroatoms. The average molecular weight is 367 g/mol. The molecule has 0 saturated carbocycles. The summed E-state index contributed by atoms with van der Waals surface area (Å²) >= 11 is 0. The van der Waals surface area contributed by atoms with Gasteiger partial charge in [0.25, 0.3) is 0 Å². The second-order valence-corrected chi connectivity index (χ2v) is 8.31. The Labute approximate surface area is 164 Å². The van der Waals surface area contributed by atoms with E-state index in [0.717, 1.165) is 12.8 Å². The van der Waals surface area contributed by atoms with Crippen molar-refractivity contribution in [1.82, 2.24) is 0 Å². The van der Waals surface area contributed by atoms with Gasteiger partial charge in [-0.25, -0.2) is 0 Å². The van der Waals surface area contributed by atoms with Crippen LogP contribution in [0.3, 0.4) is 0 Å². The highest BCUT2D eigenvalue weighted by Gasteiger charge is 2.26. The van der Waals surface area contributed by atoms with Crippen molar-refractivity contribution in [3.8, 4) is 0 Å². The predicted octanol–water partition coefficient (Wildman–Crippen LogP) is 8.00. The molecule has 0 spiro atoms. The standard InChI is InChI=1S/C24H46O2/c1-5-7-8-9-10-11-12-13-14-15-16-17-18-19-20-21-22-26-23(25)24(3,4)6-2/h13-14H,5-12,15-22H2,1-4H3/b14-13+. The van der Waals surface area contributed by atoms with Crippen LogP contribution in [0.1, 0.15) is 124 Å². The second kappa shape index (κ2) is 17.6. The fraction of sp³-hybridized carbons (Fsp3) is 0.875. The van der Waals surface area contributed by atoms with Gasteiger partial charge in [0.15, 0.2) is 0 Å². The van der Waals surface area contributed by atoms with Crippen LogP contribution in [0.15, 0.2) is 12.2 Å². The Bertz CT molecular complexity index is 344. The van der Waals surface area contributed by atoms with Gasteiger partial charge in [-0.3, -0.25) is 4.79 Å². The number of hydrogen-bond donors (Lipinski definition) is 0. The molecule has 0 bridgehead atoms. The molecular weight excluding hydrogens is 320 g/mol. The third kappa shape index (κ3) is 15.5. The van der Waals surface area contributed by atoms with Gasteiger partial charge in [0.1, 0.15) is 0 Å². The van der Waals surface area contributed by atoms with Crippen LogP contribution in [0.5, 0.6) is 0 Å². The first-order valence-electron chi connectivity index (χ1n) is 11.4. The van der Waals surface area contributed by atoms with Crippen molar-refractivity contribution < 1.29 is 9.53 Å². The van der Waals surface area contributed by atoms with Crippen molar-refractivity contribution in [3.63, 3.8) is 0 Å². The van der Waals surface area contributed by atoms with Crippen LogP contribution in [0.2, 0.25) is 0 Å². The van der Waals surface area contributed by atoms with Gasteiger partial charge in [-0.2, -0.15) is 0 Å². The van der Waals surface area contributed by atoms with E-state index in [9.17, 15) is 4.79 Å². The van der Waals surface area contributed by atoms with Gasteiger partial charge < -0.3 is 4.74 Å². The van der Waals surface area contributed by atoms with Gasteiger partial charge >= 0.3 is 5.97 Å². The van der Waals surface area contributed by atoms with Crippen LogP contribution in [-0.2, 0) is 9.53 Å². The third-order valence-electron chi connectivity index (χ3n) is 5.33. The highest BCUT2D eigenvalue weighted by atomic mass is 16.5. The lowest BCUT2D eigenvalue weighted by Gasteiger charge is -2.20. The van der Waals surface area contributed by atoms with Crippen LogP contribution >= 0.6 is 0 Å². The monoisotopic (exact) mass is 366 g/mol. The molecule has 0 rings (SSSR count). The summed E-state index contributed by atoms with van der Waals surface area (Å²) < 4.78 is 5.37. The Morgan fingerprint density at radius 1 is 0.731 bits per heavy atom. The van der Waals surface area contributed by atoms with Crippen molar-refractivity contribution in [2.45, 2.75) is 124 Å². The van der Waals surface area contributed by atoms with Crippen molar-refractivity contribution >= 4 is 5.97 Å². The average Bonchev–Trinajstić information content (AvgIpc) is 2.64. The van der Waals surface area contributed by atoms with E-state index in [4.69, 9.17) is 4.74 Å². The molecule has 0 aliphatic carbocycles. The summed E-state index contributed by atoms with van der Waals surface area (Å²) in [6, 6.07) is 0. The molecule has 26 heavy (non-hydrogen) atoms. The summed E-state index contributed by atoms with van der Waals surface area (Å²) in [5, 5.41) is 0. The lowest BCUT2D eigenvalue weighted by molar-refractivity contribution is -0.154. The number of allylic oxidation sites excluding steroid dienone is 2. The lowest BCUT2D eigenvalue weighted by Crippen LogP contribution is -2.26. The number of esters is 1. The topological polar surface area (TPSA) is 26.3 Å². The summed E-state index contributed by atoms with van der Waals surface area (Å²) in [7, 11) is 0. The molecule has 0 aromatic heterocycles. The summed E-state index contributed by atoms with van der Waals surface area (Å²) in [5.41, 5.74) is -0.331. The number of ether oxygens (including phenoxy) is 1. The van der Waals surface area contributed by atoms with E-state index in [1.54, 1.807) is 0 Å². The van der Waals surface area contributed by atoms with Gasteiger partial charge in [-0.05, 0) is 52.4 Å². The number of carbonyl (C=O) groups excluding carboxylic acids is 1. The molecule has 0 fully saturated rings. The molecule has 0 aliphatic heterocycles. The molecule has 0 radical (unpaired) electrons. The molecule has 0 unspecified atom stereocenters. The molecule has 0 heterocycles. The minimum atomic E-state index is -0.331. The van der Waals surface area contributed by atoms with Crippen molar-refractivity contribution in [2.24, 2.45) is 5.41 Å². The molecule has 0 aromatic carbocycles. The van der Waals surface area contributed by atoms with E-state index < -0.39 is 0 Å². The van der Waals surface area contributed by atoms with Gasteiger partial charge in [-0.15, -0.1) is 0 Å². The van der Waals surface area contributed by atoms with Gasteiger partial charge in [0, 0.05) is 0 Å². The molecule has 0 N–H and O–H groups in total. The minimum absolute atomic E-state index is 0.0484. The molecule has 0 atom stereocenters. The Hall–Kier alpha value is -0.790. The zero-order valence-electron chi connectivity index (χ0n) is 18.3. The van der Waals surface area contributed by atoms with Crippen molar-refractivity contribution in [3.05, 3.63) is 12.2 Å². The predicted molar refractivity (Wildman–Crippen MR) is 114 cm³/mol. The van der Waals surface area contributed by atoms with Crippen molar-refractivity contribution in [2.75, 3.05) is 6.61 Å². The first-order valence-corrected chi connectivity index (χ1v) is 11.4. The van der Waals surface area contributed by atoms with Crippen LogP contribution in [0, 0.1) is 5.41 Å². The van der Waals surface area contributed by atoms with Crippen molar-refractivity contribution in [1.29, 1.82) is 0 Å². The quantitative estimate of drug-likeness (QED) is 0.139. The SMILES string of the molecule is CCCCCCCC/C=C/CCCCCCCCOC(=O)C(C)(C)CC. The number of unbranched alkanes of at least 4 members (excludes halogenated alkanes) is 12. The third-order valence-corrected chi connectivity index (χ3v) is 5.33. The zero-order valence-corrected chi connectivity index (χ0v) is 18.3. The van der Waals surface area contributed by atoms with E-state index in [1.807, 2.05) is 20.8 Å². The first-order chi connectivity index (χ1) is 12.5. The van der Waals surface area contributed by atoms with Crippen LogP contribution < -0.4 is 0 Å². The largest absolute Gasteiger partial charge is 0.465 e. The van der Waals surface area contributed by atoms with E-state index in [1.165, 1.54) is 83.5 Å². The van der Waals surface area contributed by atoms with Crippen LogP contribution in [0.4, 0.5) is 0 Å². The Balaban J connectivity index is 3.27. The van der Waals surface area contributed by atoms with Gasteiger partial charge in [0.2, 0.25) is 0 Å². The normalized spacial score (nSPS) is 12.0. The summed E-state index contributed by atoms with van der Waals surface area (Å²) in [4.78, 5) is 11.8. The molecular formula is C24H46O2. The smallest absolute Gasteiger partial charge is 0.311 e. The van der Waals surface area contributed by atoms with Gasteiger partial charge in [-0.1, -0.05) is 83.8 Å². The Morgan fingerprint density at radius 3 is 1.69 bits per heavy atom. The van der Waals surface area contributed by atoms with Crippen LogP contribution in [0.25, 0.3) is 0 Å². The Morgan fingerprint density at radius 2 is 1.19 bits per heavy atom. The highest BCUT2D eigenvalue weighted by Crippen LogP contribution is 2.21. The van der Waals surface area contributed by atoms with E-state index in [2.05, 4.69) is 19.1 Å². The van der Waals surface area contributed by atoms with E-state index in [-0.39, 0.29) is 11.4 Å². The molecule has 0 saturated heterocycles. The zero-order chi connectivity index (χ0) is 19.5. The summed E-state index contributed by atoms with van der Waals surface area (Å²) in [6.45, 7) is 8.80. The van der Waals surface area contributed by atoms with Crippen LogP contribution in [-0.4, -0.2) is 12.6 Å². The number of rotatable bonds is 18.